The Morgan fingerprint density at radius 2 is 2.20 bits per heavy atom. The Kier molecular flexibility index (Phi) is 3.28. The molecule has 4 nitrogen and oxygen atoms in total. The van der Waals surface area contributed by atoms with Gasteiger partial charge in [-0.05, 0) is 6.42 Å². The predicted octanol–water partition coefficient (Wildman–Crippen LogP) is 0.0406. The molecule has 0 saturated heterocycles. The van der Waals surface area contributed by atoms with Gasteiger partial charge in [0.15, 0.2) is 0 Å². The molecule has 0 aliphatic heterocycles. The van der Waals surface area contributed by atoms with Crippen LogP contribution >= 0.6 is 0 Å². The molecule has 10 heavy (non-hydrogen) atoms. The summed E-state index contributed by atoms with van der Waals surface area (Å²) in [5.74, 6) is 1.31. The highest BCUT2D eigenvalue weighted by Gasteiger charge is 2.17. The lowest BCUT2D eigenvalue weighted by atomic mass is 10.3. The van der Waals surface area contributed by atoms with Crippen LogP contribution in [-0.4, -0.2) is 24.2 Å². The first-order chi connectivity index (χ1) is 4.52. The number of rotatable bonds is 3. The van der Waals surface area contributed by atoms with E-state index in [0.717, 1.165) is 6.08 Å². The molecule has 0 heterocycles. The summed E-state index contributed by atoms with van der Waals surface area (Å²) in [5, 5.41) is -1.11. The summed E-state index contributed by atoms with van der Waals surface area (Å²) in [6.07, 6.45) is 0.962. The monoisotopic (exact) mass is 164 g/mol. The molecule has 5 heteroatoms. The second-order valence-electron chi connectivity index (χ2n) is 1.75. The van der Waals surface area contributed by atoms with Gasteiger partial charge in [0.2, 0.25) is 0 Å². The lowest BCUT2D eigenvalue weighted by Gasteiger charge is -2.01. The van der Waals surface area contributed by atoms with E-state index in [1.54, 1.807) is 6.92 Å². The van der Waals surface area contributed by atoms with Crippen molar-refractivity contribution in [1.82, 2.24) is 0 Å². The molecular weight excluding hydrogens is 156 g/mol. The molecule has 1 unspecified atom stereocenters. The molecule has 0 aromatic rings. The largest absolute Gasteiger partial charge is 0.285 e. The van der Waals surface area contributed by atoms with E-state index in [1.807, 2.05) is 0 Å². The Hall–Kier alpha value is -0.640. The van der Waals surface area contributed by atoms with Crippen molar-refractivity contribution in [2.45, 2.75) is 18.6 Å². The van der Waals surface area contributed by atoms with Crippen molar-refractivity contribution >= 4 is 16.1 Å². The van der Waals surface area contributed by atoms with Crippen LogP contribution < -0.4 is 0 Å². The number of carbonyl (C=O) groups excluding carboxylic acids is 1. The minimum atomic E-state index is -4.10. The van der Waals surface area contributed by atoms with Crippen LogP contribution in [0.1, 0.15) is 13.3 Å². The van der Waals surface area contributed by atoms with E-state index in [4.69, 9.17) is 4.55 Å². The first kappa shape index (κ1) is 9.36. The van der Waals surface area contributed by atoms with Crippen LogP contribution in [0.15, 0.2) is 6.08 Å². The second kappa shape index (κ2) is 3.51. The SMILES string of the molecule is CCC(C=C=O)S(=O)(=O)O. The zero-order valence-electron chi connectivity index (χ0n) is 5.44. The average Bonchev–Trinajstić information content (AvgIpc) is 1.80. The standard InChI is InChI=1S/C5H8O4S/c1-2-5(3-4-6)10(7,8)9/h3,5H,2H2,1H3,(H,7,8,9). The van der Waals surface area contributed by atoms with Crippen LogP contribution in [0.3, 0.4) is 0 Å². The smallest absolute Gasteiger partial charge is 0.272 e. The van der Waals surface area contributed by atoms with Crippen LogP contribution in [0.4, 0.5) is 0 Å². The third kappa shape index (κ3) is 2.77. The summed E-state index contributed by atoms with van der Waals surface area (Å²) in [4.78, 5) is 9.66. The van der Waals surface area contributed by atoms with Crippen LogP contribution in [0.25, 0.3) is 0 Å². The lowest BCUT2D eigenvalue weighted by Crippen LogP contribution is -2.16. The van der Waals surface area contributed by atoms with E-state index in [-0.39, 0.29) is 6.42 Å². The fourth-order valence-corrected chi connectivity index (χ4v) is 1.14. The topological polar surface area (TPSA) is 71.4 Å². The normalized spacial score (nSPS) is 13.8. The highest BCUT2D eigenvalue weighted by atomic mass is 32.2. The van der Waals surface area contributed by atoms with Gasteiger partial charge >= 0.3 is 0 Å². The lowest BCUT2D eigenvalue weighted by molar-refractivity contribution is 0.473. The van der Waals surface area contributed by atoms with Crippen LogP contribution in [0.5, 0.6) is 0 Å². The predicted molar refractivity (Wildman–Crippen MR) is 35.9 cm³/mol. The Balaban J connectivity index is 4.53. The van der Waals surface area contributed by atoms with Gasteiger partial charge < -0.3 is 0 Å². The number of hydrogen-bond acceptors (Lipinski definition) is 3. The zero-order valence-corrected chi connectivity index (χ0v) is 6.26. The third-order valence-electron chi connectivity index (χ3n) is 1.04. The minimum Gasteiger partial charge on any atom is -0.285 e. The van der Waals surface area contributed by atoms with Crippen molar-refractivity contribution in [3.8, 4) is 0 Å². The van der Waals surface area contributed by atoms with Gasteiger partial charge in [0.1, 0.15) is 11.2 Å². The minimum absolute atomic E-state index is 0.175. The van der Waals surface area contributed by atoms with Crippen molar-refractivity contribution < 1.29 is 17.8 Å². The van der Waals surface area contributed by atoms with Crippen molar-refractivity contribution in [2.75, 3.05) is 0 Å². The summed E-state index contributed by atoms with van der Waals surface area (Å²) in [5.41, 5.74) is 0. The molecule has 0 bridgehead atoms. The van der Waals surface area contributed by atoms with Crippen molar-refractivity contribution in [2.24, 2.45) is 0 Å². The summed E-state index contributed by atoms with van der Waals surface area (Å²) < 4.78 is 29.0. The molecule has 0 rings (SSSR count). The van der Waals surface area contributed by atoms with Gasteiger partial charge in [-0.3, -0.25) is 4.55 Å². The van der Waals surface area contributed by atoms with E-state index < -0.39 is 15.4 Å². The van der Waals surface area contributed by atoms with Gasteiger partial charge in [-0.15, -0.1) is 0 Å². The van der Waals surface area contributed by atoms with E-state index in [9.17, 15) is 13.2 Å². The summed E-state index contributed by atoms with van der Waals surface area (Å²) in [6, 6.07) is 0. The summed E-state index contributed by atoms with van der Waals surface area (Å²) in [6.45, 7) is 1.55. The molecular formula is C5H8O4S. The molecule has 0 aliphatic rings. The first-order valence-electron chi connectivity index (χ1n) is 2.69. The van der Waals surface area contributed by atoms with Crippen LogP contribution in [-0.2, 0) is 14.9 Å². The Morgan fingerprint density at radius 1 is 1.70 bits per heavy atom. The molecule has 0 aliphatic carbocycles. The molecule has 58 valence electrons. The van der Waals surface area contributed by atoms with Gasteiger partial charge in [-0.25, -0.2) is 4.79 Å². The Bertz CT molecular complexity index is 234. The summed E-state index contributed by atoms with van der Waals surface area (Å²) in [7, 11) is -4.10. The van der Waals surface area contributed by atoms with Crippen molar-refractivity contribution in [1.29, 1.82) is 0 Å². The second-order valence-corrected chi connectivity index (χ2v) is 3.38. The van der Waals surface area contributed by atoms with Crippen LogP contribution in [0, 0.1) is 0 Å². The van der Waals surface area contributed by atoms with Crippen molar-refractivity contribution in [3.63, 3.8) is 0 Å². The van der Waals surface area contributed by atoms with E-state index in [0.29, 0.717) is 0 Å². The maximum atomic E-state index is 10.3. The maximum Gasteiger partial charge on any atom is 0.272 e. The van der Waals surface area contributed by atoms with Gasteiger partial charge in [0.25, 0.3) is 10.1 Å². The Morgan fingerprint density at radius 3 is 2.30 bits per heavy atom. The first-order valence-corrected chi connectivity index (χ1v) is 4.20. The van der Waals surface area contributed by atoms with Gasteiger partial charge in [0, 0.05) is 6.08 Å². The molecule has 0 aromatic carbocycles. The van der Waals surface area contributed by atoms with Gasteiger partial charge in [-0.2, -0.15) is 8.42 Å². The van der Waals surface area contributed by atoms with Crippen molar-refractivity contribution in [3.05, 3.63) is 6.08 Å². The highest BCUT2D eigenvalue weighted by Crippen LogP contribution is 2.02. The molecule has 0 spiro atoms. The molecule has 0 aromatic heterocycles. The van der Waals surface area contributed by atoms with E-state index >= 15 is 0 Å². The third-order valence-corrected chi connectivity index (χ3v) is 2.27. The van der Waals surface area contributed by atoms with Gasteiger partial charge in [0.05, 0.1) is 0 Å². The maximum absolute atomic E-state index is 10.3. The quantitative estimate of drug-likeness (QED) is 0.472. The van der Waals surface area contributed by atoms with Gasteiger partial charge in [-0.1, -0.05) is 6.92 Å². The molecule has 0 amide bonds. The summed E-state index contributed by atoms with van der Waals surface area (Å²) >= 11 is 0. The highest BCUT2D eigenvalue weighted by molar-refractivity contribution is 7.86. The fourth-order valence-electron chi connectivity index (χ4n) is 0.490. The molecule has 0 fully saturated rings. The molecule has 0 radical (unpaired) electrons. The zero-order chi connectivity index (χ0) is 8.20. The fraction of sp³-hybridized carbons (Fsp3) is 0.600. The van der Waals surface area contributed by atoms with E-state index in [2.05, 4.69) is 0 Å². The molecule has 1 N–H and O–H groups in total. The number of hydrogen-bond donors (Lipinski definition) is 1. The average molecular weight is 164 g/mol. The van der Waals surface area contributed by atoms with Crippen LogP contribution in [0.2, 0.25) is 0 Å². The molecule has 0 saturated carbocycles. The van der Waals surface area contributed by atoms with E-state index in [1.165, 1.54) is 5.94 Å². The Labute approximate surface area is 59.3 Å². The molecule has 1 atom stereocenters.